The number of nitrogens with zero attached hydrogens (tertiary/aromatic N) is 2. The summed E-state index contributed by atoms with van der Waals surface area (Å²) < 4.78 is 0. The van der Waals surface area contributed by atoms with Crippen LogP contribution in [0.4, 0.5) is 5.82 Å². The zero-order valence-electron chi connectivity index (χ0n) is 13.5. The van der Waals surface area contributed by atoms with E-state index < -0.39 is 0 Å². The van der Waals surface area contributed by atoms with Crippen molar-refractivity contribution in [3.8, 4) is 0 Å². The highest BCUT2D eigenvalue weighted by molar-refractivity contribution is 7.09. The fraction of sp³-hybridized carbons (Fsp3) is 0.444. The van der Waals surface area contributed by atoms with Gasteiger partial charge < -0.3 is 10.2 Å². The number of hydrogen-bond acceptors (Lipinski definition) is 4. The van der Waals surface area contributed by atoms with Crippen LogP contribution in [0, 0.1) is 0 Å². The van der Waals surface area contributed by atoms with Crippen molar-refractivity contribution in [1.29, 1.82) is 0 Å². The van der Waals surface area contributed by atoms with E-state index in [0.717, 1.165) is 38.2 Å². The molecule has 1 atom stereocenters. The molecule has 122 valence electrons. The van der Waals surface area contributed by atoms with Crippen molar-refractivity contribution >= 4 is 23.1 Å². The third-order valence-corrected chi connectivity index (χ3v) is 5.39. The number of anilines is 1. The Morgan fingerprint density at radius 2 is 2.39 bits per heavy atom. The Hall–Kier alpha value is -1.88. The highest BCUT2D eigenvalue weighted by Crippen LogP contribution is 2.28. The van der Waals surface area contributed by atoms with Crippen molar-refractivity contribution in [2.75, 3.05) is 25.5 Å². The van der Waals surface area contributed by atoms with Crippen molar-refractivity contribution in [3.05, 3.63) is 46.3 Å². The number of nitrogens with one attached hydrogen (secondary N) is 1. The minimum absolute atomic E-state index is 0.283. The van der Waals surface area contributed by atoms with Gasteiger partial charge in [-0.05, 0) is 48.4 Å². The number of pyridine rings is 1. The Morgan fingerprint density at radius 3 is 3.17 bits per heavy atom. The summed E-state index contributed by atoms with van der Waals surface area (Å²) in [7, 11) is 1.88. The van der Waals surface area contributed by atoms with Crippen LogP contribution in [0.2, 0.25) is 0 Å². The summed E-state index contributed by atoms with van der Waals surface area (Å²) in [6.45, 7) is 1.72. The molecule has 23 heavy (non-hydrogen) atoms. The van der Waals surface area contributed by atoms with Gasteiger partial charge in [-0.15, -0.1) is 11.3 Å². The maximum Gasteiger partial charge on any atom is 0.222 e. The lowest BCUT2D eigenvalue weighted by Crippen LogP contribution is -2.39. The normalized spacial score (nSPS) is 18.0. The monoisotopic (exact) mass is 329 g/mol. The molecule has 0 radical (unpaired) electrons. The van der Waals surface area contributed by atoms with Crippen LogP contribution in [0.3, 0.4) is 0 Å². The highest BCUT2D eigenvalue weighted by atomic mass is 32.1. The lowest BCUT2D eigenvalue weighted by Gasteiger charge is -2.33. The van der Waals surface area contributed by atoms with E-state index in [1.807, 2.05) is 24.2 Å². The maximum atomic E-state index is 12.5. The van der Waals surface area contributed by atoms with Gasteiger partial charge in [0.25, 0.3) is 0 Å². The van der Waals surface area contributed by atoms with E-state index in [-0.39, 0.29) is 5.91 Å². The average Bonchev–Trinajstić information content (AvgIpc) is 3.13. The van der Waals surface area contributed by atoms with Gasteiger partial charge >= 0.3 is 0 Å². The van der Waals surface area contributed by atoms with Crippen LogP contribution >= 0.6 is 11.3 Å². The van der Waals surface area contributed by atoms with Crippen LogP contribution in [0.1, 0.15) is 35.6 Å². The molecule has 2 aromatic heterocycles. The molecule has 1 saturated heterocycles. The first-order valence-electron chi connectivity index (χ1n) is 8.20. The SMILES string of the molecule is CNc1cc(C2CCCN(C(=O)CCc3cccs3)C2)ccn1. The van der Waals surface area contributed by atoms with E-state index in [1.54, 1.807) is 11.3 Å². The maximum absolute atomic E-state index is 12.5. The topological polar surface area (TPSA) is 45.2 Å². The number of aryl methyl sites for hydroxylation is 1. The standard InChI is InChI=1S/C18H23N3OS/c1-19-17-12-14(8-9-20-17)15-4-2-10-21(13-15)18(22)7-6-16-5-3-11-23-16/h3,5,8-9,11-12,15H,2,4,6-7,10,13H2,1H3,(H,19,20). The predicted molar refractivity (Wildman–Crippen MR) is 95.0 cm³/mol. The number of hydrogen-bond donors (Lipinski definition) is 1. The van der Waals surface area contributed by atoms with Gasteiger partial charge in [0.15, 0.2) is 0 Å². The van der Waals surface area contributed by atoms with Gasteiger partial charge in [-0.2, -0.15) is 0 Å². The van der Waals surface area contributed by atoms with Gasteiger partial charge in [0.2, 0.25) is 5.91 Å². The Morgan fingerprint density at radius 1 is 1.48 bits per heavy atom. The van der Waals surface area contributed by atoms with Gasteiger partial charge in [-0.1, -0.05) is 6.07 Å². The predicted octanol–water partition coefficient (Wildman–Crippen LogP) is 3.52. The van der Waals surface area contributed by atoms with Gasteiger partial charge in [0.05, 0.1) is 0 Å². The molecule has 1 N–H and O–H groups in total. The van der Waals surface area contributed by atoms with Gasteiger partial charge in [-0.3, -0.25) is 4.79 Å². The fourth-order valence-electron chi connectivity index (χ4n) is 3.16. The summed E-state index contributed by atoms with van der Waals surface area (Å²) in [5.74, 6) is 1.60. The molecule has 0 aliphatic carbocycles. The summed E-state index contributed by atoms with van der Waals surface area (Å²) in [5, 5.41) is 5.15. The van der Waals surface area contributed by atoms with E-state index in [2.05, 4.69) is 33.9 Å². The second-order valence-electron chi connectivity index (χ2n) is 5.98. The third-order valence-electron chi connectivity index (χ3n) is 4.45. The molecule has 1 aliphatic rings. The summed E-state index contributed by atoms with van der Waals surface area (Å²) >= 11 is 1.73. The van der Waals surface area contributed by atoms with Crippen LogP contribution in [0.25, 0.3) is 0 Å². The van der Waals surface area contributed by atoms with Crippen LogP contribution in [0.15, 0.2) is 35.8 Å². The largest absolute Gasteiger partial charge is 0.373 e. The van der Waals surface area contributed by atoms with Crippen molar-refractivity contribution in [3.63, 3.8) is 0 Å². The van der Waals surface area contributed by atoms with Crippen molar-refractivity contribution < 1.29 is 4.79 Å². The zero-order chi connectivity index (χ0) is 16.1. The molecule has 0 aromatic carbocycles. The Kier molecular flexibility index (Phi) is 5.28. The fourth-order valence-corrected chi connectivity index (χ4v) is 3.87. The first-order chi connectivity index (χ1) is 11.3. The minimum atomic E-state index is 0.283. The van der Waals surface area contributed by atoms with E-state index in [9.17, 15) is 4.79 Å². The van der Waals surface area contributed by atoms with E-state index in [0.29, 0.717) is 12.3 Å². The van der Waals surface area contributed by atoms with Crippen LogP contribution in [-0.2, 0) is 11.2 Å². The summed E-state index contributed by atoms with van der Waals surface area (Å²) in [4.78, 5) is 20.1. The minimum Gasteiger partial charge on any atom is -0.373 e. The van der Waals surface area contributed by atoms with E-state index in [4.69, 9.17) is 0 Å². The number of likely N-dealkylation sites (tertiary alicyclic amines) is 1. The van der Waals surface area contributed by atoms with Gasteiger partial charge in [0.1, 0.15) is 5.82 Å². The van der Waals surface area contributed by atoms with Gasteiger partial charge in [-0.25, -0.2) is 4.98 Å². The zero-order valence-corrected chi connectivity index (χ0v) is 14.3. The number of carbonyl (C=O) groups excluding carboxylic acids is 1. The summed E-state index contributed by atoms with van der Waals surface area (Å²) in [5.41, 5.74) is 1.28. The quantitative estimate of drug-likeness (QED) is 0.913. The second kappa shape index (κ2) is 7.59. The highest BCUT2D eigenvalue weighted by Gasteiger charge is 2.24. The molecule has 3 heterocycles. The molecule has 5 heteroatoms. The van der Waals surface area contributed by atoms with E-state index >= 15 is 0 Å². The number of piperidine rings is 1. The average molecular weight is 329 g/mol. The second-order valence-corrected chi connectivity index (χ2v) is 7.01. The Balaban J connectivity index is 1.59. The van der Waals surface area contributed by atoms with Crippen LogP contribution in [-0.4, -0.2) is 35.9 Å². The first-order valence-corrected chi connectivity index (χ1v) is 9.08. The molecule has 2 aromatic rings. The molecule has 0 saturated carbocycles. The molecule has 0 spiro atoms. The number of amides is 1. The molecular weight excluding hydrogens is 306 g/mol. The summed E-state index contributed by atoms with van der Waals surface area (Å²) in [6.07, 6.45) is 5.54. The third kappa shape index (κ3) is 4.10. The van der Waals surface area contributed by atoms with Crippen molar-refractivity contribution in [2.45, 2.75) is 31.6 Å². The van der Waals surface area contributed by atoms with Crippen molar-refractivity contribution in [1.82, 2.24) is 9.88 Å². The molecule has 1 aliphatic heterocycles. The van der Waals surface area contributed by atoms with Gasteiger partial charge in [0, 0.05) is 43.5 Å². The lowest BCUT2D eigenvalue weighted by atomic mass is 9.91. The summed E-state index contributed by atoms with van der Waals surface area (Å²) in [6, 6.07) is 8.33. The van der Waals surface area contributed by atoms with Crippen molar-refractivity contribution in [2.24, 2.45) is 0 Å². The number of aromatic nitrogens is 1. The first kappa shape index (κ1) is 16.0. The number of carbonyl (C=O) groups is 1. The molecule has 1 fully saturated rings. The smallest absolute Gasteiger partial charge is 0.222 e. The van der Waals surface area contributed by atoms with E-state index in [1.165, 1.54) is 10.4 Å². The molecule has 0 bridgehead atoms. The van der Waals surface area contributed by atoms with Crippen LogP contribution in [0.5, 0.6) is 0 Å². The Labute approximate surface area is 141 Å². The molecule has 4 nitrogen and oxygen atoms in total. The number of thiophene rings is 1. The molecular formula is C18H23N3OS. The molecule has 1 unspecified atom stereocenters. The Bertz CT molecular complexity index is 641. The number of rotatable bonds is 5. The molecule has 1 amide bonds. The molecule has 3 rings (SSSR count). The van der Waals surface area contributed by atoms with Crippen LogP contribution < -0.4 is 5.32 Å². The lowest BCUT2D eigenvalue weighted by molar-refractivity contribution is -0.132.